The fourth-order valence-corrected chi connectivity index (χ4v) is 9.87. The van der Waals surface area contributed by atoms with E-state index in [0.717, 1.165) is 12.8 Å². The van der Waals surface area contributed by atoms with E-state index in [-0.39, 0.29) is 0 Å². The topological polar surface area (TPSA) is 0 Å². The Kier molecular flexibility index (Phi) is 11.9. The number of benzene rings is 2. The van der Waals surface area contributed by atoms with Crippen LogP contribution in [0, 0.1) is 0 Å². The fourth-order valence-electron chi connectivity index (χ4n) is 4.33. The molecule has 0 heterocycles. The molecule has 0 spiro atoms. The number of unbranched alkanes of at least 4 members (excludes halogenated alkanes) is 2. The Balaban J connectivity index is 0.000000194. The maximum atomic E-state index is 2.42. The van der Waals surface area contributed by atoms with Gasteiger partial charge in [-0.1, -0.05) is 60.7 Å². The molecule has 4 rings (SSSR count). The maximum absolute atomic E-state index is 2.42. The molecule has 2 aromatic rings. The zero-order chi connectivity index (χ0) is 23.1. The minimum Gasteiger partial charge on any atom is -0.0622 e. The van der Waals surface area contributed by atoms with E-state index < -0.39 is 22.9 Å². The molecule has 0 aliphatic heterocycles. The predicted octanol–water partition coefficient (Wildman–Crippen LogP) is 9.35. The molecule has 0 aromatic heterocycles. The second kappa shape index (κ2) is 15.2. The third-order valence-corrected chi connectivity index (χ3v) is 12.3. The molecule has 0 saturated heterocycles. The van der Waals surface area contributed by atoms with Crippen LogP contribution in [0.4, 0.5) is 0 Å². The molecule has 2 aliphatic carbocycles. The van der Waals surface area contributed by atoms with Gasteiger partial charge in [-0.3, -0.25) is 0 Å². The Labute approximate surface area is 214 Å². The van der Waals surface area contributed by atoms with Crippen LogP contribution in [0.25, 0.3) is 0 Å². The van der Waals surface area contributed by atoms with Gasteiger partial charge in [0.2, 0.25) is 0 Å². The molecule has 0 radical (unpaired) electrons. The van der Waals surface area contributed by atoms with Crippen molar-refractivity contribution in [1.29, 1.82) is 0 Å². The van der Waals surface area contributed by atoms with Crippen LogP contribution in [-0.4, -0.2) is 0 Å². The van der Waals surface area contributed by atoms with Crippen LogP contribution in [0.5, 0.6) is 0 Å². The minimum absolute atomic E-state index is 0.707. The van der Waals surface area contributed by atoms with E-state index in [4.69, 9.17) is 0 Å². The number of hydrogen-bond donors (Lipinski definition) is 0. The quantitative estimate of drug-likeness (QED) is 0.225. The molecule has 2 aliphatic rings. The van der Waals surface area contributed by atoms with Gasteiger partial charge in [0.25, 0.3) is 0 Å². The summed E-state index contributed by atoms with van der Waals surface area (Å²) in [7, 11) is 0. The first-order chi connectivity index (χ1) is 16.3. The summed E-state index contributed by atoms with van der Waals surface area (Å²) in [4.78, 5) is 0. The van der Waals surface area contributed by atoms with Gasteiger partial charge >= 0.3 is 130 Å². The largest absolute Gasteiger partial charge is 0.0622 e. The Morgan fingerprint density at radius 3 is 1.39 bits per heavy atom. The molecule has 0 amide bonds. The zero-order valence-electron chi connectivity index (χ0n) is 20.7. The Morgan fingerprint density at radius 1 is 0.576 bits per heavy atom. The molecular weight excluding hydrogens is 563 g/mol. The molecule has 0 nitrogen and oxygen atoms in total. The average molecular weight is 603 g/mol. The van der Waals surface area contributed by atoms with E-state index in [1.165, 1.54) is 62.5 Å². The second-order valence-electron chi connectivity index (χ2n) is 9.02. The predicted molar refractivity (Wildman–Crippen MR) is 141 cm³/mol. The van der Waals surface area contributed by atoms with Crippen molar-refractivity contribution in [2.45, 2.75) is 78.1 Å². The van der Waals surface area contributed by atoms with Crippen molar-refractivity contribution in [1.82, 2.24) is 0 Å². The van der Waals surface area contributed by atoms with Gasteiger partial charge in [0.15, 0.2) is 0 Å². The van der Waals surface area contributed by atoms with E-state index in [9.17, 15) is 0 Å². The molecule has 2 aromatic carbocycles. The molecule has 0 unspecified atom stereocenters. The summed E-state index contributed by atoms with van der Waals surface area (Å²) in [5, 5.41) is 0. The summed E-state index contributed by atoms with van der Waals surface area (Å²) in [5.74, 6) is 0. The normalized spacial score (nSPS) is 14.6. The van der Waals surface area contributed by atoms with Gasteiger partial charge in [-0.15, -0.1) is 0 Å². The monoisotopic (exact) mass is 604 g/mol. The minimum atomic E-state index is -0.707. The molecule has 1 heteroatoms. The standard InChI is InChI=1S/C14H14.2C9H13.Hf/c1-3-7-13(8-4-1)11-12-14-9-5-2-6-10-14;2*1-2-3-6-9-7-4-5-8-9;/h1-10H,11-12H2;2*4,7H,2-3,5-6H2,1H3;. The summed E-state index contributed by atoms with van der Waals surface area (Å²) < 4.78 is 3.78. The molecule has 0 saturated carbocycles. The van der Waals surface area contributed by atoms with Crippen molar-refractivity contribution < 1.29 is 22.9 Å². The van der Waals surface area contributed by atoms with Crippen LogP contribution < -0.4 is 0 Å². The van der Waals surface area contributed by atoms with Crippen LogP contribution in [0.15, 0.2) is 103 Å². The Morgan fingerprint density at radius 2 is 1.00 bits per heavy atom. The van der Waals surface area contributed by atoms with Crippen molar-refractivity contribution in [2.24, 2.45) is 0 Å². The Hall–Kier alpha value is -1.73. The first-order valence-corrected chi connectivity index (χ1v) is 16.5. The average Bonchev–Trinajstić information content (AvgIpc) is 3.51. The SMILES string of the molecule is CCCCC1=[C]([Hf][C]2=C(CCCC)C=CC2)CC=C1.c1ccc(CCc2ccccc2)cc1. The third kappa shape index (κ3) is 9.20. The van der Waals surface area contributed by atoms with Crippen LogP contribution in [0.1, 0.15) is 76.3 Å². The third-order valence-electron chi connectivity index (χ3n) is 6.35. The van der Waals surface area contributed by atoms with E-state index in [1.807, 2.05) is 6.66 Å². The van der Waals surface area contributed by atoms with Gasteiger partial charge in [-0.25, -0.2) is 0 Å². The van der Waals surface area contributed by atoms with Crippen molar-refractivity contribution in [3.63, 3.8) is 0 Å². The zero-order valence-corrected chi connectivity index (χ0v) is 24.2. The number of aryl methyl sites for hydroxylation is 2. The van der Waals surface area contributed by atoms with Gasteiger partial charge in [-0.05, 0) is 24.0 Å². The van der Waals surface area contributed by atoms with Gasteiger partial charge in [0, 0.05) is 0 Å². The van der Waals surface area contributed by atoms with Gasteiger partial charge < -0.3 is 0 Å². The van der Waals surface area contributed by atoms with Crippen LogP contribution in [-0.2, 0) is 35.7 Å². The molecular formula is C32H40Hf. The van der Waals surface area contributed by atoms with E-state index in [0.29, 0.717) is 0 Å². The molecule has 0 N–H and O–H groups in total. The summed E-state index contributed by atoms with van der Waals surface area (Å²) in [6, 6.07) is 21.2. The van der Waals surface area contributed by atoms with E-state index in [2.05, 4.69) is 98.8 Å². The van der Waals surface area contributed by atoms with Gasteiger partial charge in [0.1, 0.15) is 0 Å². The fraction of sp³-hybridized carbons (Fsp3) is 0.375. The number of rotatable bonds is 11. The smallest absolute Gasteiger partial charge is 0.0238 e. The summed E-state index contributed by atoms with van der Waals surface area (Å²) in [6.45, 7) is 4.60. The number of hydrogen-bond acceptors (Lipinski definition) is 0. The van der Waals surface area contributed by atoms with Gasteiger partial charge in [-0.2, -0.15) is 0 Å². The van der Waals surface area contributed by atoms with Crippen molar-refractivity contribution in [2.75, 3.05) is 0 Å². The Bertz CT molecular complexity index is 865. The number of allylic oxidation sites excluding steroid dienone is 8. The second-order valence-corrected chi connectivity index (χ2v) is 14.3. The van der Waals surface area contributed by atoms with Crippen molar-refractivity contribution in [3.8, 4) is 0 Å². The molecule has 0 fully saturated rings. The van der Waals surface area contributed by atoms with E-state index >= 15 is 0 Å². The van der Waals surface area contributed by atoms with Crippen molar-refractivity contribution >= 4 is 0 Å². The molecule has 172 valence electrons. The first-order valence-electron chi connectivity index (χ1n) is 12.9. The van der Waals surface area contributed by atoms with E-state index in [1.54, 1.807) is 11.1 Å². The molecule has 0 bridgehead atoms. The molecule has 0 atom stereocenters. The maximum Gasteiger partial charge on any atom is -0.0238 e. The summed E-state index contributed by atoms with van der Waals surface area (Å²) in [5.41, 5.74) is 6.27. The summed E-state index contributed by atoms with van der Waals surface area (Å²) in [6.07, 6.45) is 22.5. The first kappa shape index (κ1) is 25.9. The van der Waals surface area contributed by atoms with Crippen molar-refractivity contribution in [3.05, 3.63) is 114 Å². The van der Waals surface area contributed by atoms with Crippen LogP contribution in [0.2, 0.25) is 0 Å². The van der Waals surface area contributed by atoms with Gasteiger partial charge in [0.05, 0.1) is 0 Å². The van der Waals surface area contributed by atoms with Crippen LogP contribution >= 0.6 is 0 Å². The summed E-state index contributed by atoms with van der Waals surface area (Å²) >= 11 is -0.707. The van der Waals surface area contributed by atoms with Crippen LogP contribution in [0.3, 0.4) is 0 Å². The molecule has 33 heavy (non-hydrogen) atoms.